The van der Waals surface area contributed by atoms with Gasteiger partial charge in [-0.05, 0) is 61.8 Å². The first-order valence-corrected chi connectivity index (χ1v) is 10.3. The summed E-state index contributed by atoms with van der Waals surface area (Å²) in [5.41, 5.74) is 0.500. The number of nitrogens with one attached hydrogen (secondary N) is 2. The average Bonchev–Trinajstić information content (AvgIpc) is 3.51. The number of rotatable bonds is 7. The number of hydrogen-bond donors (Lipinski definition) is 2. The molecule has 1 aromatic carbocycles. The summed E-state index contributed by atoms with van der Waals surface area (Å²) in [5.74, 6) is 0.350. The second kappa shape index (κ2) is 9.07. The van der Waals surface area contributed by atoms with E-state index in [2.05, 4.69) is 10.6 Å². The Kier molecular flexibility index (Phi) is 6.77. The molecule has 1 aliphatic carbocycles. The molecule has 1 heterocycles. The predicted molar refractivity (Wildman–Crippen MR) is 106 cm³/mol. The lowest BCUT2D eigenvalue weighted by Crippen LogP contribution is -2.54. The SMILES string of the molecule is CCC(C)C(NC(=O)c1ccc(Cl)cc1)C(=O)NC1CCOC(C2CC2)C1. The van der Waals surface area contributed by atoms with Crippen molar-refractivity contribution in [2.75, 3.05) is 6.61 Å². The van der Waals surface area contributed by atoms with E-state index >= 15 is 0 Å². The number of benzene rings is 1. The van der Waals surface area contributed by atoms with Crippen molar-refractivity contribution in [3.63, 3.8) is 0 Å². The summed E-state index contributed by atoms with van der Waals surface area (Å²) >= 11 is 5.89. The van der Waals surface area contributed by atoms with Crippen LogP contribution in [0.15, 0.2) is 24.3 Å². The molecule has 148 valence electrons. The Labute approximate surface area is 166 Å². The van der Waals surface area contributed by atoms with E-state index in [1.807, 2.05) is 13.8 Å². The van der Waals surface area contributed by atoms with Gasteiger partial charge in [0.1, 0.15) is 6.04 Å². The Bertz CT molecular complexity index is 660. The molecule has 2 N–H and O–H groups in total. The van der Waals surface area contributed by atoms with Crippen molar-refractivity contribution in [2.45, 2.75) is 64.1 Å². The highest BCUT2D eigenvalue weighted by molar-refractivity contribution is 6.30. The van der Waals surface area contributed by atoms with Crippen LogP contribution in [0.4, 0.5) is 0 Å². The second-order valence-corrected chi connectivity index (χ2v) is 8.26. The van der Waals surface area contributed by atoms with Crippen LogP contribution in [0, 0.1) is 11.8 Å². The number of ether oxygens (including phenoxy) is 1. The fraction of sp³-hybridized carbons (Fsp3) is 0.619. The minimum atomic E-state index is -0.555. The summed E-state index contributed by atoms with van der Waals surface area (Å²) in [6.45, 7) is 4.71. The van der Waals surface area contributed by atoms with E-state index in [1.54, 1.807) is 24.3 Å². The molecule has 0 spiro atoms. The Balaban J connectivity index is 1.61. The molecule has 2 amide bonds. The lowest BCUT2D eigenvalue weighted by molar-refractivity contribution is -0.126. The van der Waals surface area contributed by atoms with Crippen LogP contribution in [0.1, 0.15) is 56.3 Å². The summed E-state index contributed by atoms with van der Waals surface area (Å²) in [6.07, 6.45) is 5.24. The van der Waals surface area contributed by atoms with Gasteiger partial charge in [-0.2, -0.15) is 0 Å². The van der Waals surface area contributed by atoms with E-state index < -0.39 is 6.04 Å². The largest absolute Gasteiger partial charge is 0.378 e. The zero-order valence-electron chi connectivity index (χ0n) is 16.0. The first-order valence-electron chi connectivity index (χ1n) is 9.96. The molecule has 1 saturated heterocycles. The van der Waals surface area contributed by atoms with Crippen LogP contribution in [0.2, 0.25) is 5.02 Å². The fourth-order valence-electron chi connectivity index (χ4n) is 3.57. The Morgan fingerprint density at radius 3 is 2.56 bits per heavy atom. The topological polar surface area (TPSA) is 67.4 Å². The maximum absolute atomic E-state index is 12.9. The van der Waals surface area contributed by atoms with Crippen LogP contribution < -0.4 is 10.6 Å². The molecule has 5 nitrogen and oxygen atoms in total. The van der Waals surface area contributed by atoms with Crippen molar-refractivity contribution >= 4 is 23.4 Å². The van der Waals surface area contributed by atoms with Gasteiger partial charge in [0, 0.05) is 23.2 Å². The highest BCUT2D eigenvalue weighted by atomic mass is 35.5. The van der Waals surface area contributed by atoms with Gasteiger partial charge in [-0.15, -0.1) is 0 Å². The third-order valence-electron chi connectivity index (χ3n) is 5.70. The van der Waals surface area contributed by atoms with E-state index in [-0.39, 0.29) is 29.9 Å². The summed E-state index contributed by atoms with van der Waals surface area (Å²) < 4.78 is 5.84. The standard InChI is InChI=1S/C21H29ClN2O3/c1-3-13(2)19(24-20(25)15-6-8-16(22)9-7-15)21(26)23-17-10-11-27-18(12-17)14-4-5-14/h6-9,13-14,17-19H,3-5,10-12H2,1-2H3,(H,23,26)(H,24,25). The first-order chi connectivity index (χ1) is 13.0. The predicted octanol–water partition coefficient (Wildman–Crippen LogP) is 3.56. The van der Waals surface area contributed by atoms with Crippen molar-refractivity contribution in [3.8, 4) is 0 Å². The molecular weight excluding hydrogens is 364 g/mol. The molecule has 2 aliphatic rings. The molecule has 0 radical (unpaired) electrons. The molecular formula is C21H29ClN2O3. The normalized spacial score (nSPS) is 24.7. The number of hydrogen-bond acceptors (Lipinski definition) is 3. The van der Waals surface area contributed by atoms with E-state index in [0.29, 0.717) is 23.1 Å². The number of amides is 2. The summed E-state index contributed by atoms with van der Waals surface area (Å²) in [7, 11) is 0. The molecule has 1 saturated carbocycles. The van der Waals surface area contributed by atoms with E-state index in [1.165, 1.54) is 12.8 Å². The van der Waals surface area contributed by atoms with Gasteiger partial charge in [0.15, 0.2) is 0 Å². The van der Waals surface area contributed by atoms with Gasteiger partial charge in [-0.25, -0.2) is 0 Å². The van der Waals surface area contributed by atoms with Crippen LogP contribution in [-0.4, -0.2) is 36.6 Å². The van der Waals surface area contributed by atoms with Crippen LogP contribution in [0.3, 0.4) is 0 Å². The minimum Gasteiger partial charge on any atom is -0.378 e. The minimum absolute atomic E-state index is 0.0420. The number of carbonyl (C=O) groups is 2. The molecule has 4 atom stereocenters. The van der Waals surface area contributed by atoms with Gasteiger partial charge in [-0.1, -0.05) is 31.9 Å². The first kappa shape index (κ1) is 20.2. The van der Waals surface area contributed by atoms with E-state index in [9.17, 15) is 9.59 Å². The molecule has 1 aromatic rings. The van der Waals surface area contributed by atoms with Gasteiger partial charge in [0.25, 0.3) is 5.91 Å². The number of carbonyl (C=O) groups excluding carboxylic acids is 2. The summed E-state index contributed by atoms with van der Waals surface area (Å²) in [5, 5.41) is 6.65. The lowest BCUT2D eigenvalue weighted by atomic mass is 9.95. The maximum Gasteiger partial charge on any atom is 0.251 e. The zero-order valence-corrected chi connectivity index (χ0v) is 16.8. The molecule has 2 fully saturated rings. The third-order valence-corrected chi connectivity index (χ3v) is 5.95. The van der Waals surface area contributed by atoms with Gasteiger partial charge in [0.05, 0.1) is 6.10 Å². The monoisotopic (exact) mass is 392 g/mol. The molecule has 0 bridgehead atoms. The lowest BCUT2D eigenvalue weighted by Gasteiger charge is -2.32. The van der Waals surface area contributed by atoms with Gasteiger partial charge in [-0.3, -0.25) is 9.59 Å². The molecule has 0 aromatic heterocycles. The van der Waals surface area contributed by atoms with Crippen molar-refractivity contribution in [1.29, 1.82) is 0 Å². The van der Waals surface area contributed by atoms with Crippen molar-refractivity contribution in [3.05, 3.63) is 34.9 Å². The quantitative estimate of drug-likeness (QED) is 0.745. The van der Waals surface area contributed by atoms with Crippen LogP contribution in [0.25, 0.3) is 0 Å². The van der Waals surface area contributed by atoms with Crippen LogP contribution in [-0.2, 0) is 9.53 Å². The average molecular weight is 393 g/mol. The van der Waals surface area contributed by atoms with Crippen molar-refractivity contribution in [1.82, 2.24) is 10.6 Å². The molecule has 3 rings (SSSR count). The second-order valence-electron chi connectivity index (χ2n) is 7.82. The molecule has 4 unspecified atom stereocenters. The maximum atomic E-state index is 12.9. The third kappa shape index (κ3) is 5.45. The summed E-state index contributed by atoms with van der Waals surface area (Å²) in [4.78, 5) is 25.5. The Hall–Kier alpha value is -1.59. The highest BCUT2D eigenvalue weighted by Gasteiger charge is 2.37. The molecule has 27 heavy (non-hydrogen) atoms. The number of halogens is 1. The molecule has 6 heteroatoms. The van der Waals surface area contributed by atoms with E-state index in [0.717, 1.165) is 19.3 Å². The zero-order chi connectivity index (χ0) is 19.4. The smallest absolute Gasteiger partial charge is 0.251 e. The van der Waals surface area contributed by atoms with Crippen molar-refractivity contribution < 1.29 is 14.3 Å². The fourth-order valence-corrected chi connectivity index (χ4v) is 3.70. The van der Waals surface area contributed by atoms with Crippen molar-refractivity contribution in [2.24, 2.45) is 11.8 Å². The highest BCUT2D eigenvalue weighted by Crippen LogP contribution is 2.38. The van der Waals surface area contributed by atoms with Gasteiger partial charge >= 0.3 is 0 Å². The van der Waals surface area contributed by atoms with Gasteiger partial charge in [0.2, 0.25) is 5.91 Å². The van der Waals surface area contributed by atoms with Crippen LogP contribution in [0.5, 0.6) is 0 Å². The van der Waals surface area contributed by atoms with Gasteiger partial charge < -0.3 is 15.4 Å². The summed E-state index contributed by atoms with van der Waals surface area (Å²) in [6, 6.07) is 6.25. The molecule has 1 aliphatic heterocycles. The Morgan fingerprint density at radius 1 is 1.22 bits per heavy atom. The van der Waals surface area contributed by atoms with Crippen LogP contribution >= 0.6 is 11.6 Å². The van der Waals surface area contributed by atoms with E-state index in [4.69, 9.17) is 16.3 Å². The Morgan fingerprint density at radius 2 is 1.93 bits per heavy atom.